The summed E-state index contributed by atoms with van der Waals surface area (Å²) in [4.78, 5) is 40.5. The van der Waals surface area contributed by atoms with Crippen molar-refractivity contribution < 1.29 is 23.9 Å². The van der Waals surface area contributed by atoms with E-state index < -0.39 is 11.9 Å². The molecule has 0 radical (unpaired) electrons. The van der Waals surface area contributed by atoms with Crippen molar-refractivity contribution in [2.75, 3.05) is 25.2 Å². The number of amides is 1. The quantitative estimate of drug-likeness (QED) is 0.747. The van der Waals surface area contributed by atoms with Gasteiger partial charge >= 0.3 is 11.9 Å². The Morgan fingerprint density at radius 2 is 2.29 bits per heavy atom. The van der Waals surface area contributed by atoms with E-state index in [1.54, 1.807) is 12.3 Å². The standard InChI is InChI=1S/C13H16N2O5S/c1-3-20-11(17)5-9-7-21-13(14-9)15-6-8(4-10(15)16)12(18)19-2/h7-8H,3-6H2,1-2H3. The van der Waals surface area contributed by atoms with E-state index >= 15 is 0 Å². The maximum atomic E-state index is 11.9. The first-order valence-corrected chi connectivity index (χ1v) is 7.41. The summed E-state index contributed by atoms with van der Waals surface area (Å²) in [6, 6.07) is 0. The SMILES string of the molecule is CCOC(=O)Cc1csc(N2CC(C(=O)OC)CC2=O)n1. The Bertz CT molecular complexity index is 557. The maximum absolute atomic E-state index is 11.9. The Hall–Kier alpha value is -1.96. The van der Waals surface area contributed by atoms with Crippen LogP contribution in [0.3, 0.4) is 0 Å². The van der Waals surface area contributed by atoms with Crippen LogP contribution in [0.1, 0.15) is 19.0 Å². The van der Waals surface area contributed by atoms with Gasteiger partial charge in [-0.05, 0) is 6.92 Å². The molecule has 2 heterocycles. The second-order valence-electron chi connectivity index (χ2n) is 4.53. The molecule has 0 aromatic carbocycles. The van der Waals surface area contributed by atoms with E-state index in [9.17, 15) is 14.4 Å². The van der Waals surface area contributed by atoms with E-state index in [2.05, 4.69) is 9.72 Å². The van der Waals surface area contributed by atoms with Crippen LogP contribution in [0.25, 0.3) is 0 Å². The molecule has 21 heavy (non-hydrogen) atoms. The monoisotopic (exact) mass is 312 g/mol. The van der Waals surface area contributed by atoms with E-state index in [1.165, 1.54) is 23.3 Å². The molecule has 7 nitrogen and oxygen atoms in total. The zero-order chi connectivity index (χ0) is 15.4. The number of nitrogens with zero attached hydrogens (tertiary/aromatic N) is 2. The fourth-order valence-electron chi connectivity index (χ4n) is 2.08. The maximum Gasteiger partial charge on any atom is 0.311 e. The molecule has 1 unspecified atom stereocenters. The molecule has 0 spiro atoms. The summed E-state index contributed by atoms with van der Waals surface area (Å²) >= 11 is 1.27. The number of hydrogen-bond acceptors (Lipinski definition) is 7. The van der Waals surface area contributed by atoms with Crippen LogP contribution in [0, 0.1) is 5.92 Å². The van der Waals surface area contributed by atoms with Gasteiger partial charge in [-0.25, -0.2) is 4.98 Å². The van der Waals surface area contributed by atoms with Gasteiger partial charge in [0, 0.05) is 18.3 Å². The van der Waals surface area contributed by atoms with Gasteiger partial charge in [-0.15, -0.1) is 11.3 Å². The third-order valence-corrected chi connectivity index (χ3v) is 3.97. The molecule has 1 aliphatic rings. The number of aromatic nitrogens is 1. The molecular formula is C13H16N2O5S. The molecule has 1 amide bonds. The van der Waals surface area contributed by atoms with Crippen LogP contribution in [0.2, 0.25) is 0 Å². The number of ether oxygens (including phenoxy) is 2. The number of anilines is 1. The molecule has 0 N–H and O–H groups in total. The van der Waals surface area contributed by atoms with Crippen molar-refractivity contribution in [2.24, 2.45) is 5.92 Å². The Balaban J connectivity index is 2.03. The van der Waals surface area contributed by atoms with E-state index in [-0.39, 0.29) is 31.3 Å². The Kier molecular flexibility index (Phi) is 4.89. The van der Waals surface area contributed by atoms with E-state index in [1.807, 2.05) is 0 Å². The lowest BCUT2D eigenvalue weighted by Gasteiger charge is -2.11. The minimum Gasteiger partial charge on any atom is -0.469 e. The molecule has 1 aromatic heterocycles. The first-order chi connectivity index (χ1) is 10.0. The predicted molar refractivity (Wildman–Crippen MR) is 74.9 cm³/mol. The highest BCUT2D eigenvalue weighted by Crippen LogP contribution is 2.28. The average molecular weight is 312 g/mol. The molecule has 1 fully saturated rings. The number of thiazole rings is 1. The van der Waals surface area contributed by atoms with Gasteiger partial charge in [-0.2, -0.15) is 0 Å². The van der Waals surface area contributed by atoms with Crippen LogP contribution < -0.4 is 4.90 Å². The molecule has 8 heteroatoms. The average Bonchev–Trinajstić information content (AvgIpc) is 3.04. The lowest BCUT2D eigenvalue weighted by molar-refractivity contribution is -0.145. The van der Waals surface area contributed by atoms with Crippen molar-refractivity contribution >= 4 is 34.3 Å². The van der Waals surface area contributed by atoms with Gasteiger partial charge in [0.25, 0.3) is 0 Å². The molecule has 1 atom stereocenters. The van der Waals surface area contributed by atoms with Crippen LogP contribution in [-0.4, -0.2) is 43.1 Å². The molecule has 0 bridgehead atoms. The van der Waals surface area contributed by atoms with Crippen molar-refractivity contribution in [3.8, 4) is 0 Å². The summed E-state index contributed by atoms with van der Waals surface area (Å²) in [7, 11) is 1.30. The van der Waals surface area contributed by atoms with Crippen LogP contribution >= 0.6 is 11.3 Å². The summed E-state index contributed by atoms with van der Waals surface area (Å²) in [5.41, 5.74) is 0.558. The summed E-state index contributed by atoms with van der Waals surface area (Å²) in [5, 5.41) is 2.20. The Morgan fingerprint density at radius 3 is 2.95 bits per heavy atom. The van der Waals surface area contributed by atoms with E-state index in [0.717, 1.165) is 0 Å². The molecule has 1 aromatic rings. The van der Waals surface area contributed by atoms with Gasteiger partial charge in [0.1, 0.15) is 0 Å². The number of hydrogen-bond donors (Lipinski definition) is 0. The van der Waals surface area contributed by atoms with Crippen LogP contribution in [0.15, 0.2) is 5.38 Å². The Labute approximate surface area is 125 Å². The molecule has 114 valence electrons. The topological polar surface area (TPSA) is 85.8 Å². The summed E-state index contributed by atoms with van der Waals surface area (Å²) < 4.78 is 9.50. The normalized spacial score (nSPS) is 17.9. The molecule has 0 saturated carbocycles. The largest absolute Gasteiger partial charge is 0.469 e. The zero-order valence-electron chi connectivity index (χ0n) is 11.8. The van der Waals surface area contributed by atoms with Gasteiger partial charge in [-0.1, -0.05) is 0 Å². The molecular weight excluding hydrogens is 296 g/mol. The van der Waals surface area contributed by atoms with Crippen molar-refractivity contribution in [2.45, 2.75) is 19.8 Å². The minimum atomic E-state index is -0.458. The van der Waals surface area contributed by atoms with Crippen molar-refractivity contribution in [1.82, 2.24) is 4.98 Å². The fraction of sp³-hybridized carbons (Fsp3) is 0.538. The highest BCUT2D eigenvalue weighted by Gasteiger charge is 2.37. The van der Waals surface area contributed by atoms with Crippen molar-refractivity contribution in [3.05, 3.63) is 11.1 Å². The van der Waals surface area contributed by atoms with Crippen LogP contribution in [0.4, 0.5) is 5.13 Å². The molecule has 2 rings (SSSR count). The highest BCUT2D eigenvalue weighted by molar-refractivity contribution is 7.14. The van der Waals surface area contributed by atoms with Gasteiger partial charge in [0.15, 0.2) is 5.13 Å². The number of esters is 2. The van der Waals surface area contributed by atoms with E-state index in [4.69, 9.17) is 4.74 Å². The molecule has 1 saturated heterocycles. The van der Waals surface area contributed by atoms with Gasteiger partial charge in [-0.3, -0.25) is 19.3 Å². The van der Waals surface area contributed by atoms with Crippen molar-refractivity contribution in [1.29, 1.82) is 0 Å². The van der Waals surface area contributed by atoms with Gasteiger partial charge in [0.05, 0.1) is 31.7 Å². The first kappa shape index (κ1) is 15.4. The van der Waals surface area contributed by atoms with Crippen LogP contribution in [-0.2, 0) is 30.3 Å². The third kappa shape index (κ3) is 3.57. The van der Waals surface area contributed by atoms with E-state index in [0.29, 0.717) is 17.4 Å². The number of carbonyl (C=O) groups excluding carboxylic acids is 3. The minimum absolute atomic E-state index is 0.0762. The summed E-state index contributed by atoms with van der Waals surface area (Å²) in [5.74, 6) is -1.37. The fourth-order valence-corrected chi connectivity index (χ4v) is 2.93. The van der Waals surface area contributed by atoms with Crippen molar-refractivity contribution in [3.63, 3.8) is 0 Å². The van der Waals surface area contributed by atoms with Crippen LogP contribution in [0.5, 0.6) is 0 Å². The zero-order valence-corrected chi connectivity index (χ0v) is 12.6. The number of methoxy groups -OCH3 is 1. The lowest BCUT2D eigenvalue weighted by atomic mass is 10.1. The summed E-state index contributed by atoms with van der Waals surface area (Å²) in [6.07, 6.45) is 0.201. The summed E-state index contributed by atoms with van der Waals surface area (Å²) in [6.45, 7) is 2.32. The molecule has 0 aliphatic carbocycles. The highest BCUT2D eigenvalue weighted by atomic mass is 32.1. The Morgan fingerprint density at radius 1 is 1.52 bits per heavy atom. The third-order valence-electron chi connectivity index (χ3n) is 3.06. The van der Waals surface area contributed by atoms with Gasteiger partial charge in [0.2, 0.25) is 5.91 Å². The second-order valence-corrected chi connectivity index (χ2v) is 5.37. The van der Waals surface area contributed by atoms with Gasteiger partial charge < -0.3 is 9.47 Å². The first-order valence-electron chi connectivity index (χ1n) is 6.53. The predicted octanol–water partition coefficient (Wildman–Crippen LogP) is 0.775. The lowest BCUT2D eigenvalue weighted by Crippen LogP contribution is -2.26. The smallest absolute Gasteiger partial charge is 0.311 e. The number of rotatable bonds is 5. The number of carbonyl (C=O) groups is 3. The second kappa shape index (κ2) is 6.66. The molecule has 1 aliphatic heterocycles.